The zero-order valence-corrected chi connectivity index (χ0v) is 10.3. The van der Waals surface area contributed by atoms with E-state index in [1.165, 1.54) is 18.9 Å². The monoisotopic (exact) mass is 230 g/mol. The van der Waals surface area contributed by atoms with Gasteiger partial charge in [-0.2, -0.15) is 0 Å². The van der Waals surface area contributed by atoms with Gasteiger partial charge in [-0.15, -0.1) is 12.6 Å². The van der Waals surface area contributed by atoms with E-state index in [1.807, 2.05) is 6.92 Å². The first-order chi connectivity index (χ1) is 7.13. The molecule has 0 amide bonds. The number of thiol groups is 1. The largest absolute Gasteiger partial charge is 0.495 e. The summed E-state index contributed by atoms with van der Waals surface area (Å²) in [5.41, 5.74) is 0. The summed E-state index contributed by atoms with van der Waals surface area (Å²) in [6.07, 6.45) is 5.43. The fourth-order valence-electron chi connectivity index (χ4n) is 1.25. The molecule has 1 fully saturated rings. The molecular formula is C12H19FOS. The highest BCUT2D eigenvalue weighted by Gasteiger charge is 2.22. The maximum atomic E-state index is 13.6. The highest BCUT2D eigenvalue weighted by molar-refractivity contribution is 7.84. The first kappa shape index (κ1) is 12.6. The first-order valence-electron chi connectivity index (χ1n) is 5.52. The van der Waals surface area contributed by atoms with E-state index in [4.69, 9.17) is 4.74 Å². The SMILES string of the molecule is CCC/C(OCC1CC1)=C(F)\C=C(/C)S. The second-order valence-electron chi connectivity index (χ2n) is 4.06. The maximum Gasteiger partial charge on any atom is 0.161 e. The summed E-state index contributed by atoms with van der Waals surface area (Å²) in [6.45, 7) is 4.44. The average Bonchev–Trinajstić information content (AvgIpc) is 2.94. The molecule has 0 aliphatic heterocycles. The Morgan fingerprint density at radius 2 is 2.20 bits per heavy atom. The van der Waals surface area contributed by atoms with Gasteiger partial charge >= 0.3 is 0 Å². The van der Waals surface area contributed by atoms with Gasteiger partial charge in [0.05, 0.1) is 6.61 Å². The van der Waals surface area contributed by atoms with Crippen molar-refractivity contribution >= 4 is 12.6 Å². The molecule has 0 saturated heterocycles. The molecule has 0 aromatic rings. The molecule has 0 unspecified atom stereocenters. The summed E-state index contributed by atoms with van der Waals surface area (Å²) in [6, 6.07) is 0. The van der Waals surface area contributed by atoms with E-state index in [0.717, 1.165) is 6.42 Å². The van der Waals surface area contributed by atoms with Crippen molar-refractivity contribution in [1.29, 1.82) is 0 Å². The minimum Gasteiger partial charge on any atom is -0.495 e. The molecule has 0 atom stereocenters. The number of hydrogen-bond donors (Lipinski definition) is 1. The molecule has 3 heteroatoms. The van der Waals surface area contributed by atoms with Crippen LogP contribution in [0.2, 0.25) is 0 Å². The van der Waals surface area contributed by atoms with Crippen LogP contribution in [0.1, 0.15) is 39.5 Å². The van der Waals surface area contributed by atoms with Crippen molar-refractivity contribution in [2.24, 2.45) is 5.92 Å². The van der Waals surface area contributed by atoms with Crippen molar-refractivity contribution in [3.63, 3.8) is 0 Å². The van der Waals surface area contributed by atoms with Crippen LogP contribution in [0.25, 0.3) is 0 Å². The lowest BCUT2D eigenvalue weighted by Crippen LogP contribution is -1.98. The number of halogens is 1. The molecule has 0 spiro atoms. The predicted octanol–water partition coefficient (Wildman–Crippen LogP) is 4.23. The third kappa shape index (κ3) is 5.26. The fourth-order valence-corrected chi connectivity index (χ4v) is 1.37. The highest BCUT2D eigenvalue weighted by Crippen LogP contribution is 2.30. The Morgan fingerprint density at radius 1 is 1.53 bits per heavy atom. The fraction of sp³-hybridized carbons (Fsp3) is 0.667. The molecule has 15 heavy (non-hydrogen) atoms. The molecule has 0 heterocycles. The maximum absolute atomic E-state index is 13.6. The molecule has 1 aliphatic rings. The van der Waals surface area contributed by atoms with Gasteiger partial charge in [-0.1, -0.05) is 6.92 Å². The van der Waals surface area contributed by atoms with Crippen LogP contribution in [0.15, 0.2) is 22.6 Å². The third-order valence-electron chi connectivity index (χ3n) is 2.27. The molecule has 86 valence electrons. The minimum absolute atomic E-state index is 0.273. The predicted molar refractivity (Wildman–Crippen MR) is 64.5 cm³/mol. The second-order valence-corrected chi connectivity index (χ2v) is 4.77. The molecule has 0 aromatic carbocycles. The topological polar surface area (TPSA) is 9.23 Å². The first-order valence-corrected chi connectivity index (χ1v) is 5.97. The Balaban J connectivity index is 2.55. The summed E-state index contributed by atoms with van der Waals surface area (Å²) < 4.78 is 19.1. The molecule has 1 nitrogen and oxygen atoms in total. The molecule has 0 N–H and O–H groups in total. The van der Waals surface area contributed by atoms with Crippen molar-refractivity contribution in [2.45, 2.75) is 39.5 Å². The normalized spacial score (nSPS) is 18.8. The minimum atomic E-state index is -0.273. The van der Waals surface area contributed by atoms with Crippen LogP contribution in [0, 0.1) is 5.92 Å². The Kier molecular flexibility index (Phi) is 5.23. The van der Waals surface area contributed by atoms with Crippen LogP contribution in [0.4, 0.5) is 4.39 Å². The van der Waals surface area contributed by atoms with Crippen LogP contribution in [0.5, 0.6) is 0 Å². The smallest absolute Gasteiger partial charge is 0.161 e. The Hall–Kier alpha value is -0.440. The van der Waals surface area contributed by atoms with Gasteiger partial charge in [0.1, 0.15) is 5.76 Å². The average molecular weight is 230 g/mol. The van der Waals surface area contributed by atoms with Crippen LogP contribution in [-0.4, -0.2) is 6.61 Å². The molecule has 1 saturated carbocycles. The van der Waals surface area contributed by atoms with Crippen LogP contribution in [-0.2, 0) is 4.74 Å². The van der Waals surface area contributed by atoms with E-state index in [1.54, 1.807) is 6.92 Å². The van der Waals surface area contributed by atoms with Gasteiger partial charge in [0.15, 0.2) is 5.83 Å². The van der Waals surface area contributed by atoms with Crippen LogP contribution >= 0.6 is 12.6 Å². The Morgan fingerprint density at radius 3 is 2.67 bits per heavy atom. The van der Waals surface area contributed by atoms with Gasteiger partial charge in [0.2, 0.25) is 0 Å². The number of hydrogen-bond acceptors (Lipinski definition) is 2. The van der Waals surface area contributed by atoms with Gasteiger partial charge in [-0.3, -0.25) is 0 Å². The zero-order chi connectivity index (χ0) is 11.3. The third-order valence-corrected chi connectivity index (χ3v) is 2.40. The van der Waals surface area contributed by atoms with E-state index in [0.29, 0.717) is 29.6 Å². The zero-order valence-electron chi connectivity index (χ0n) is 9.42. The van der Waals surface area contributed by atoms with E-state index >= 15 is 0 Å². The lowest BCUT2D eigenvalue weighted by atomic mass is 10.2. The number of rotatable bonds is 6. The quantitative estimate of drug-likeness (QED) is 0.408. The van der Waals surface area contributed by atoms with Gasteiger partial charge in [-0.05, 0) is 43.1 Å². The molecule has 1 aliphatic carbocycles. The lowest BCUT2D eigenvalue weighted by Gasteiger charge is -2.09. The van der Waals surface area contributed by atoms with Crippen LogP contribution < -0.4 is 0 Å². The molecule has 0 aromatic heterocycles. The molecule has 1 rings (SSSR count). The number of allylic oxidation sites excluding steroid dienone is 4. The molecular weight excluding hydrogens is 211 g/mol. The van der Waals surface area contributed by atoms with Crippen molar-refractivity contribution < 1.29 is 9.13 Å². The van der Waals surface area contributed by atoms with E-state index in [9.17, 15) is 4.39 Å². The van der Waals surface area contributed by atoms with Crippen molar-refractivity contribution in [3.8, 4) is 0 Å². The van der Waals surface area contributed by atoms with E-state index in [2.05, 4.69) is 12.6 Å². The summed E-state index contributed by atoms with van der Waals surface area (Å²) in [4.78, 5) is 0.663. The van der Waals surface area contributed by atoms with Crippen molar-refractivity contribution in [3.05, 3.63) is 22.6 Å². The molecule has 0 radical (unpaired) electrons. The Bertz CT molecular complexity index is 263. The standard InChI is InChI=1S/C12H19FOS/c1-3-4-12(11(13)7-9(2)15)14-8-10-5-6-10/h7,10,15H,3-6,8H2,1-2H3/b9-7+,12-11-. The molecule has 0 bridgehead atoms. The second kappa shape index (κ2) is 6.21. The van der Waals surface area contributed by atoms with Gasteiger partial charge < -0.3 is 4.74 Å². The van der Waals surface area contributed by atoms with Crippen LogP contribution in [0.3, 0.4) is 0 Å². The summed E-state index contributed by atoms with van der Waals surface area (Å²) in [5.74, 6) is 0.869. The van der Waals surface area contributed by atoms with Gasteiger partial charge in [0.25, 0.3) is 0 Å². The summed E-state index contributed by atoms with van der Waals surface area (Å²) >= 11 is 4.05. The van der Waals surface area contributed by atoms with Gasteiger partial charge in [0, 0.05) is 6.42 Å². The summed E-state index contributed by atoms with van der Waals surface area (Å²) in [5, 5.41) is 0. The van der Waals surface area contributed by atoms with E-state index in [-0.39, 0.29) is 5.83 Å². The number of ether oxygens (including phenoxy) is 1. The summed E-state index contributed by atoms with van der Waals surface area (Å²) in [7, 11) is 0. The van der Waals surface area contributed by atoms with E-state index < -0.39 is 0 Å². The van der Waals surface area contributed by atoms with Crippen molar-refractivity contribution in [1.82, 2.24) is 0 Å². The van der Waals surface area contributed by atoms with Gasteiger partial charge in [-0.25, -0.2) is 4.39 Å². The van der Waals surface area contributed by atoms with Crippen molar-refractivity contribution in [2.75, 3.05) is 6.61 Å². The lowest BCUT2D eigenvalue weighted by molar-refractivity contribution is 0.180. The Labute approximate surface area is 96.8 Å². The highest BCUT2D eigenvalue weighted by atomic mass is 32.1.